The fourth-order valence-electron chi connectivity index (χ4n) is 3.04. The van der Waals surface area contributed by atoms with Crippen LogP contribution >= 0.6 is 0 Å². The molecule has 1 aliphatic carbocycles. The van der Waals surface area contributed by atoms with Crippen molar-refractivity contribution >= 4 is 11.9 Å². The molecule has 1 heterocycles. The number of guanidine groups is 1. The maximum atomic E-state index is 12.3. The molecule has 0 radical (unpaired) electrons. The summed E-state index contributed by atoms with van der Waals surface area (Å²) in [4.78, 5) is 16.7. The Morgan fingerprint density at radius 2 is 2.17 bits per heavy atom. The molecule has 0 bridgehead atoms. The SMILES string of the molecule is CC(C)CN=C1NC(=O)C2(CCC(C)CC2C)N1. The monoisotopic (exact) mass is 251 g/mol. The van der Waals surface area contributed by atoms with Crippen LogP contribution in [0.25, 0.3) is 0 Å². The quantitative estimate of drug-likeness (QED) is 0.787. The van der Waals surface area contributed by atoms with Gasteiger partial charge in [-0.3, -0.25) is 15.1 Å². The molecule has 3 unspecified atom stereocenters. The van der Waals surface area contributed by atoms with Gasteiger partial charge >= 0.3 is 0 Å². The highest BCUT2D eigenvalue weighted by molar-refractivity contribution is 6.09. The first-order valence-electron chi connectivity index (χ1n) is 7.08. The zero-order chi connectivity index (χ0) is 13.3. The minimum atomic E-state index is -0.400. The molecule has 2 aliphatic rings. The minimum absolute atomic E-state index is 0.115. The first-order valence-corrected chi connectivity index (χ1v) is 7.08. The highest BCUT2D eigenvalue weighted by atomic mass is 16.2. The van der Waals surface area contributed by atoms with Gasteiger partial charge in [0.2, 0.25) is 0 Å². The van der Waals surface area contributed by atoms with E-state index >= 15 is 0 Å². The van der Waals surface area contributed by atoms with Crippen molar-refractivity contribution in [3.63, 3.8) is 0 Å². The van der Waals surface area contributed by atoms with Crippen LogP contribution in [0.3, 0.4) is 0 Å². The Bertz CT molecular complexity index is 364. The third-order valence-electron chi connectivity index (χ3n) is 4.22. The second-order valence-corrected chi connectivity index (χ2v) is 6.41. The lowest BCUT2D eigenvalue weighted by Crippen LogP contribution is -2.54. The van der Waals surface area contributed by atoms with Crippen LogP contribution in [0.15, 0.2) is 4.99 Å². The van der Waals surface area contributed by atoms with Gasteiger partial charge in [-0.1, -0.05) is 27.7 Å². The fourth-order valence-corrected chi connectivity index (χ4v) is 3.04. The van der Waals surface area contributed by atoms with Crippen molar-refractivity contribution in [2.45, 2.75) is 52.5 Å². The van der Waals surface area contributed by atoms with Gasteiger partial charge in [-0.2, -0.15) is 0 Å². The summed E-state index contributed by atoms with van der Waals surface area (Å²) in [6.07, 6.45) is 3.14. The smallest absolute Gasteiger partial charge is 0.252 e. The van der Waals surface area contributed by atoms with Crippen LogP contribution in [0.2, 0.25) is 0 Å². The topological polar surface area (TPSA) is 53.5 Å². The van der Waals surface area contributed by atoms with Crippen molar-refractivity contribution in [3.05, 3.63) is 0 Å². The van der Waals surface area contributed by atoms with Crippen molar-refractivity contribution in [2.75, 3.05) is 6.54 Å². The zero-order valence-corrected chi connectivity index (χ0v) is 11.9. The lowest BCUT2D eigenvalue weighted by Gasteiger charge is -2.39. The van der Waals surface area contributed by atoms with Gasteiger partial charge in [0.25, 0.3) is 5.91 Å². The predicted octanol–water partition coefficient (Wildman–Crippen LogP) is 1.91. The molecule has 1 saturated heterocycles. The second-order valence-electron chi connectivity index (χ2n) is 6.41. The van der Waals surface area contributed by atoms with Crippen LogP contribution < -0.4 is 10.6 Å². The second kappa shape index (κ2) is 4.90. The van der Waals surface area contributed by atoms with E-state index in [1.165, 1.54) is 0 Å². The van der Waals surface area contributed by atoms with Gasteiger partial charge in [-0.15, -0.1) is 0 Å². The molecule has 4 nitrogen and oxygen atoms in total. The van der Waals surface area contributed by atoms with E-state index in [0.29, 0.717) is 17.8 Å². The van der Waals surface area contributed by atoms with E-state index in [4.69, 9.17) is 0 Å². The van der Waals surface area contributed by atoms with Crippen molar-refractivity contribution in [2.24, 2.45) is 22.7 Å². The molecule has 2 N–H and O–H groups in total. The summed E-state index contributed by atoms with van der Waals surface area (Å²) in [6, 6.07) is 0. The lowest BCUT2D eigenvalue weighted by atomic mass is 9.70. The van der Waals surface area contributed by atoms with Crippen LogP contribution in [-0.2, 0) is 4.79 Å². The molecule has 1 amide bonds. The third kappa shape index (κ3) is 2.38. The maximum absolute atomic E-state index is 12.3. The minimum Gasteiger partial charge on any atom is -0.341 e. The Labute approximate surface area is 110 Å². The first-order chi connectivity index (χ1) is 8.44. The molecule has 1 spiro atoms. The number of nitrogens with zero attached hydrogens (tertiary/aromatic N) is 1. The molecule has 1 aliphatic heterocycles. The molecule has 0 aromatic carbocycles. The van der Waals surface area contributed by atoms with E-state index < -0.39 is 5.54 Å². The van der Waals surface area contributed by atoms with Gasteiger partial charge in [0.15, 0.2) is 5.96 Å². The van der Waals surface area contributed by atoms with Crippen LogP contribution in [0.5, 0.6) is 0 Å². The fraction of sp³-hybridized carbons (Fsp3) is 0.857. The van der Waals surface area contributed by atoms with Gasteiger partial charge in [0.1, 0.15) is 5.54 Å². The predicted molar refractivity (Wildman–Crippen MR) is 73.3 cm³/mol. The van der Waals surface area contributed by atoms with Gasteiger partial charge in [0.05, 0.1) is 0 Å². The average Bonchev–Trinajstić information content (AvgIpc) is 2.60. The first kappa shape index (κ1) is 13.4. The van der Waals surface area contributed by atoms with Gasteiger partial charge in [0, 0.05) is 6.54 Å². The summed E-state index contributed by atoms with van der Waals surface area (Å²) in [7, 11) is 0. The largest absolute Gasteiger partial charge is 0.341 e. The Balaban J connectivity index is 2.11. The third-order valence-corrected chi connectivity index (χ3v) is 4.22. The molecular formula is C14H25N3O. The van der Waals surface area contributed by atoms with E-state index in [-0.39, 0.29) is 5.91 Å². The molecule has 4 heteroatoms. The lowest BCUT2D eigenvalue weighted by molar-refractivity contribution is -0.127. The number of carbonyl (C=O) groups is 1. The number of rotatable bonds is 2. The van der Waals surface area contributed by atoms with Crippen LogP contribution in [0.1, 0.15) is 47.0 Å². The molecule has 102 valence electrons. The standard InChI is InChI=1S/C14H25N3O/c1-9(2)8-15-13-16-12(18)14(17-13)6-5-10(3)7-11(14)4/h9-11H,5-8H2,1-4H3,(H2,15,16,17,18). The van der Waals surface area contributed by atoms with E-state index in [1.54, 1.807) is 0 Å². The highest BCUT2D eigenvalue weighted by Crippen LogP contribution is 2.38. The number of hydrogen-bond acceptors (Lipinski definition) is 2. The molecule has 0 aromatic heterocycles. The summed E-state index contributed by atoms with van der Waals surface area (Å²) in [5.41, 5.74) is -0.400. The highest BCUT2D eigenvalue weighted by Gasteiger charge is 2.51. The number of amides is 1. The molecule has 3 atom stereocenters. The van der Waals surface area contributed by atoms with Crippen LogP contribution in [0, 0.1) is 17.8 Å². The van der Waals surface area contributed by atoms with E-state index in [9.17, 15) is 4.79 Å². The van der Waals surface area contributed by atoms with Crippen LogP contribution in [0.4, 0.5) is 0 Å². The number of aliphatic imine (C=N–C) groups is 1. The maximum Gasteiger partial charge on any atom is 0.252 e. The Hall–Kier alpha value is -1.06. The van der Waals surface area contributed by atoms with Crippen molar-refractivity contribution < 1.29 is 4.79 Å². The summed E-state index contributed by atoms with van der Waals surface area (Å²) >= 11 is 0. The van der Waals surface area contributed by atoms with Crippen molar-refractivity contribution in [3.8, 4) is 0 Å². The van der Waals surface area contributed by atoms with Crippen molar-refractivity contribution in [1.82, 2.24) is 10.6 Å². The van der Waals surface area contributed by atoms with E-state index in [0.717, 1.165) is 31.7 Å². The molecule has 0 aromatic rings. The van der Waals surface area contributed by atoms with Gasteiger partial charge in [-0.25, -0.2) is 0 Å². The zero-order valence-electron chi connectivity index (χ0n) is 11.9. The van der Waals surface area contributed by atoms with Gasteiger partial charge in [-0.05, 0) is 37.0 Å². The Morgan fingerprint density at radius 1 is 1.44 bits per heavy atom. The van der Waals surface area contributed by atoms with Crippen molar-refractivity contribution in [1.29, 1.82) is 0 Å². The van der Waals surface area contributed by atoms with E-state index in [1.807, 2.05) is 0 Å². The summed E-state index contributed by atoms with van der Waals surface area (Å²) in [5.74, 6) is 2.39. The summed E-state index contributed by atoms with van der Waals surface area (Å²) < 4.78 is 0. The normalized spacial score (nSPS) is 38.3. The number of carbonyl (C=O) groups excluding carboxylic acids is 1. The average molecular weight is 251 g/mol. The number of nitrogens with one attached hydrogen (secondary N) is 2. The molecule has 1 saturated carbocycles. The molecule has 2 rings (SSSR count). The Kier molecular flexibility index (Phi) is 3.64. The Morgan fingerprint density at radius 3 is 2.78 bits per heavy atom. The summed E-state index contributed by atoms with van der Waals surface area (Å²) in [5, 5.41) is 6.29. The molecule has 18 heavy (non-hydrogen) atoms. The molecule has 2 fully saturated rings. The number of hydrogen-bond donors (Lipinski definition) is 2. The summed E-state index contributed by atoms with van der Waals surface area (Å²) in [6.45, 7) is 9.45. The van der Waals surface area contributed by atoms with Crippen LogP contribution in [-0.4, -0.2) is 24.0 Å². The van der Waals surface area contributed by atoms with E-state index in [2.05, 4.69) is 43.3 Å². The molecular weight excluding hydrogens is 226 g/mol. The van der Waals surface area contributed by atoms with Gasteiger partial charge < -0.3 is 5.32 Å².